The van der Waals surface area contributed by atoms with Crippen LogP contribution >= 0.6 is 58.2 Å². The van der Waals surface area contributed by atoms with E-state index in [9.17, 15) is 44.4 Å². The molecule has 15 rings (SSSR count). The molecule has 10 aromatic rings. The van der Waals surface area contributed by atoms with Crippen molar-refractivity contribution in [1.82, 2.24) is 50.1 Å². The molecule has 28 heteroatoms. The maximum absolute atomic E-state index is 13.5. The molecule has 8 heterocycles. The number of halogens is 7. The van der Waals surface area contributed by atoms with Gasteiger partial charge in [0, 0.05) is 76.5 Å². The molecule has 0 atom stereocenters. The number of fused-ring (bicyclic) bond motifs is 3. The van der Waals surface area contributed by atoms with E-state index in [1.807, 2.05) is 70.4 Å². The van der Waals surface area contributed by atoms with Gasteiger partial charge < -0.3 is 4.90 Å². The van der Waals surface area contributed by atoms with Gasteiger partial charge >= 0.3 is 0 Å². The van der Waals surface area contributed by atoms with Crippen molar-refractivity contribution >= 4 is 136 Å². The van der Waals surface area contributed by atoms with Crippen molar-refractivity contribution < 1.29 is 44.4 Å². The summed E-state index contributed by atoms with van der Waals surface area (Å²) in [6.45, 7) is 2.92. The van der Waals surface area contributed by atoms with Crippen LogP contribution in [0.15, 0.2) is 170 Å². The van der Waals surface area contributed by atoms with Gasteiger partial charge in [-0.15, -0.1) is 0 Å². The van der Waals surface area contributed by atoms with Crippen LogP contribution in [0.2, 0.25) is 20.1 Å². The van der Waals surface area contributed by atoms with Gasteiger partial charge in [-0.1, -0.05) is 101 Å². The number of piperidine rings is 1. The number of benzene rings is 7. The highest BCUT2D eigenvalue weighted by atomic mass is 35.5. The van der Waals surface area contributed by atoms with E-state index in [-0.39, 0.29) is 52.0 Å². The number of nitrogens with one attached hydrogen (secondary N) is 2. The Morgan fingerprint density at radius 3 is 1.43 bits per heavy atom. The number of amides is 3. The SMILES string of the molecule is CN(NC(=O)c1nn(-c2ccc(Cl)cc2)c2c1CS(=O)(=O)C/C2=C\c1ccc(F)cc1)c1ccccc1.O=C(NN1CCCC1)c1nn(-c2ccc(Cl)cc2)c2c1CSC/C2=C\c1ccc(F)cc1.O=C(c1nn(-c2ccc(Cl)cc2Cl)c2c1CS(=O)(=O)C/C2=C\c1ccc(F)cc1)N1CCCCC1. The molecule has 7 aromatic carbocycles. The molecule has 3 aromatic heterocycles. The first-order valence-electron chi connectivity index (χ1n) is 33.2. The van der Waals surface area contributed by atoms with Gasteiger partial charge in [-0.2, -0.15) is 27.1 Å². The normalized spacial score (nSPS) is 17.0. The lowest BCUT2D eigenvalue weighted by Crippen LogP contribution is -2.40. The molecule has 0 radical (unpaired) electrons. The summed E-state index contributed by atoms with van der Waals surface area (Å²) in [6.07, 6.45) is 10.4. The van der Waals surface area contributed by atoms with Gasteiger partial charge in [0.05, 0.1) is 67.9 Å². The minimum absolute atomic E-state index is 0.000937. The number of aromatic nitrogens is 6. The van der Waals surface area contributed by atoms with E-state index >= 15 is 0 Å². The van der Waals surface area contributed by atoms with Crippen molar-refractivity contribution in [2.75, 3.05) is 55.5 Å². The predicted molar refractivity (Wildman–Crippen MR) is 405 cm³/mol. The third kappa shape index (κ3) is 16.9. The van der Waals surface area contributed by atoms with Crippen molar-refractivity contribution in [2.24, 2.45) is 0 Å². The predicted octanol–water partition coefficient (Wildman–Crippen LogP) is 15.5. The van der Waals surface area contributed by atoms with E-state index in [0.717, 1.165) is 84.7 Å². The van der Waals surface area contributed by atoms with Crippen molar-refractivity contribution in [3.63, 3.8) is 0 Å². The Kier molecular flexibility index (Phi) is 22.2. The van der Waals surface area contributed by atoms with E-state index in [1.165, 1.54) is 41.1 Å². The number of sulfone groups is 2. The topological polar surface area (TPSA) is 207 Å². The summed E-state index contributed by atoms with van der Waals surface area (Å²) in [6, 6.07) is 46.3. The molecule has 2 N–H and O–H groups in total. The lowest BCUT2D eigenvalue weighted by molar-refractivity contribution is 0.0716. The molecular formula is C76H66Cl4F3N11O7S3. The van der Waals surface area contributed by atoms with Crippen LogP contribution in [0, 0.1) is 17.5 Å². The Hall–Kier alpha value is -9.24. The number of anilines is 1. The van der Waals surface area contributed by atoms with Gasteiger partial charge in [-0.3, -0.25) is 30.2 Å². The lowest BCUT2D eigenvalue weighted by Gasteiger charge is -2.26. The van der Waals surface area contributed by atoms with Crippen LogP contribution in [0.4, 0.5) is 18.9 Å². The van der Waals surface area contributed by atoms with E-state index in [4.69, 9.17) is 51.5 Å². The number of hydrogen-bond donors (Lipinski definition) is 2. The largest absolute Gasteiger partial charge is 0.337 e. The van der Waals surface area contributed by atoms with E-state index in [0.29, 0.717) is 101 Å². The van der Waals surface area contributed by atoms with Crippen molar-refractivity contribution in [2.45, 2.75) is 49.4 Å². The number of hydrogen-bond acceptors (Lipinski definition) is 13. The average molecular weight is 1540 g/mol. The number of rotatable bonds is 12. The zero-order valence-electron chi connectivity index (χ0n) is 55.8. The summed E-state index contributed by atoms with van der Waals surface area (Å²) in [5, 5.41) is 19.4. The zero-order valence-corrected chi connectivity index (χ0v) is 61.2. The Morgan fingerprint density at radius 1 is 0.481 bits per heavy atom. The van der Waals surface area contributed by atoms with Crippen LogP contribution in [-0.2, 0) is 36.9 Å². The fourth-order valence-corrected chi connectivity index (χ4v) is 17.7. The highest BCUT2D eigenvalue weighted by molar-refractivity contribution is 7.99. The quantitative estimate of drug-likeness (QED) is 0.109. The monoisotopic (exact) mass is 1540 g/mol. The number of likely N-dealkylation sites (tertiary alicyclic amines) is 1. The van der Waals surface area contributed by atoms with Crippen LogP contribution in [0.3, 0.4) is 0 Å². The Balaban J connectivity index is 0.000000139. The third-order valence-electron chi connectivity index (χ3n) is 17.8. The summed E-state index contributed by atoms with van der Waals surface area (Å²) >= 11 is 26.5. The first-order chi connectivity index (χ1) is 50.0. The van der Waals surface area contributed by atoms with E-state index in [2.05, 4.69) is 21.0 Å². The molecule has 0 bridgehead atoms. The highest BCUT2D eigenvalue weighted by Gasteiger charge is 2.39. The molecule has 0 unspecified atom stereocenters. The minimum Gasteiger partial charge on any atom is -0.337 e. The lowest BCUT2D eigenvalue weighted by atomic mass is 10.0. The van der Waals surface area contributed by atoms with Crippen LogP contribution in [0.5, 0.6) is 0 Å². The fourth-order valence-electron chi connectivity index (χ4n) is 12.9. The van der Waals surface area contributed by atoms with Crippen LogP contribution in [0.1, 0.15) is 114 Å². The Labute approximate surface area is 623 Å². The second-order valence-corrected chi connectivity index (χ2v) is 32.2. The van der Waals surface area contributed by atoms with E-state index < -0.39 is 37.2 Å². The Bertz CT molecular complexity index is 5240. The van der Waals surface area contributed by atoms with Crippen molar-refractivity contribution in [3.05, 3.63) is 275 Å². The molecule has 0 spiro atoms. The third-order valence-corrected chi connectivity index (χ3v) is 22.8. The van der Waals surface area contributed by atoms with Gasteiger partial charge in [-0.05, 0) is 199 Å². The van der Waals surface area contributed by atoms with Crippen LogP contribution in [0.25, 0.3) is 52.0 Å². The molecule has 18 nitrogen and oxygen atoms in total. The number of para-hydroxylation sites is 1. The van der Waals surface area contributed by atoms with Crippen molar-refractivity contribution in [1.29, 1.82) is 0 Å². The maximum Gasteiger partial charge on any atom is 0.290 e. The van der Waals surface area contributed by atoms with Gasteiger partial charge in [0.1, 0.15) is 17.5 Å². The number of nitrogens with zero attached hydrogens (tertiary/aromatic N) is 9. The smallest absolute Gasteiger partial charge is 0.290 e. The zero-order chi connectivity index (χ0) is 73.0. The molecular weight excluding hydrogens is 1470 g/mol. The standard InChI is InChI=1S/C27H22ClFN4O3S.C25H22Cl2FN3O3S.C24H22ClFN4OS/c1-32(22-5-3-2-4-6-22)31-27(34)25-24-17-37(35,36)16-19(15-18-7-11-21(29)12-8-18)26(24)33(30-25)23-13-9-20(28)10-14-23;26-18-6-9-22(21(27)13-18)31-24-17(12-16-4-7-19(28)8-5-16)14-35(33,34)15-20(24)23(29-31)25(32)30-10-2-1-3-11-30;25-18-5-9-20(10-6-18)30-23-17(13-16-3-7-19(26)8-4-16)14-32-15-21(23)22(27-30)24(31)28-29-11-1-2-12-29/h2-15H,16-17H2,1H3,(H,31,34);4-9,12-13H,1-3,10-11,14-15H2;3-10,13H,1-2,11-12,14-15H2,(H,28,31)/b19-15+;17-12+;17-13+. The summed E-state index contributed by atoms with van der Waals surface area (Å²) in [5.41, 5.74) is 16.6. The summed E-state index contributed by atoms with van der Waals surface area (Å²) in [7, 11) is -5.48. The van der Waals surface area contributed by atoms with Crippen LogP contribution < -0.4 is 15.9 Å². The molecule has 104 heavy (non-hydrogen) atoms. The highest BCUT2D eigenvalue weighted by Crippen LogP contribution is 2.41. The van der Waals surface area contributed by atoms with Gasteiger partial charge in [0.15, 0.2) is 36.8 Å². The van der Waals surface area contributed by atoms with Gasteiger partial charge in [0.25, 0.3) is 17.7 Å². The van der Waals surface area contributed by atoms with Gasteiger partial charge in [0.2, 0.25) is 0 Å². The molecule has 2 saturated heterocycles. The average Bonchev–Trinajstić information content (AvgIpc) is 1.59. The van der Waals surface area contributed by atoms with E-state index in [1.54, 1.807) is 124 Å². The second-order valence-electron chi connectivity index (χ2n) is 25.4. The van der Waals surface area contributed by atoms with Crippen LogP contribution in [-0.4, -0.2) is 124 Å². The minimum atomic E-state index is -3.60. The number of thioether (sulfide) groups is 1. The molecule has 2 fully saturated rings. The second kappa shape index (κ2) is 31.6. The maximum atomic E-state index is 13.5. The molecule has 0 saturated carbocycles. The number of carbonyl (C=O) groups is 3. The molecule has 5 aliphatic rings. The molecule has 3 amide bonds. The summed E-state index contributed by atoms with van der Waals surface area (Å²) < 4.78 is 97.2. The van der Waals surface area contributed by atoms with Crippen molar-refractivity contribution in [3.8, 4) is 17.1 Å². The fraction of sp³-hybridized carbons (Fsp3) is 0.211. The Morgan fingerprint density at radius 2 is 0.923 bits per heavy atom. The first kappa shape index (κ1) is 73.1. The number of carbonyl (C=O) groups excluding carboxylic acids is 3. The molecule has 5 aliphatic heterocycles. The summed E-state index contributed by atoms with van der Waals surface area (Å²) in [4.78, 5) is 41.8. The summed E-state index contributed by atoms with van der Waals surface area (Å²) in [5.74, 6) is -1.73. The first-order valence-corrected chi connectivity index (χ1v) is 39.5. The number of hydrazine groups is 2. The molecule has 534 valence electrons. The van der Waals surface area contributed by atoms with Gasteiger partial charge in [-0.25, -0.2) is 49.1 Å². The molecule has 0 aliphatic carbocycles.